The molecule has 1 fully saturated rings. The van der Waals surface area contributed by atoms with Gasteiger partial charge in [0, 0.05) is 37.8 Å². The summed E-state index contributed by atoms with van der Waals surface area (Å²) in [6, 6.07) is 3.63. The summed E-state index contributed by atoms with van der Waals surface area (Å²) >= 11 is 4.86. The summed E-state index contributed by atoms with van der Waals surface area (Å²) in [6.45, 7) is 2.40. The van der Waals surface area contributed by atoms with Crippen molar-refractivity contribution in [2.45, 2.75) is 19.3 Å². The summed E-state index contributed by atoms with van der Waals surface area (Å²) in [7, 11) is 0. The third-order valence-corrected chi connectivity index (χ3v) is 3.39. The molecule has 1 saturated heterocycles. The van der Waals surface area contributed by atoms with E-state index in [4.69, 9.17) is 18.0 Å². The minimum absolute atomic E-state index is 0.213. The molecule has 0 radical (unpaired) electrons. The van der Waals surface area contributed by atoms with Crippen LogP contribution in [0.15, 0.2) is 18.3 Å². The number of carbonyl (C=O) groups excluding carboxylic acids is 1. The summed E-state index contributed by atoms with van der Waals surface area (Å²) in [6.07, 6.45) is 4.38. The maximum absolute atomic E-state index is 11.8. The molecular formula is C13H18N4OS. The Morgan fingerprint density at radius 2 is 2.16 bits per heavy atom. The van der Waals surface area contributed by atoms with Gasteiger partial charge in [0.1, 0.15) is 10.8 Å². The number of rotatable bonds is 5. The number of thiocarbonyl (C=S) groups is 1. The van der Waals surface area contributed by atoms with Crippen molar-refractivity contribution >= 4 is 28.9 Å². The lowest BCUT2D eigenvalue weighted by Gasteiger charge is -2.15. The summed E-state index contributed by atoms with van der Waals surface area (Å²) in [5, 5.41) is 3.12. The van der Waals surface area contributed by atoms with Crippen LogP contribution in [0.4, 0.5) is 5.82 Å². The van der Waals surface area contributed by atoms with Crippen molar-refractivity contribution < 1.29 is 4.79 Å². The molecule has 2 rings (SSSR count). The smallest absolute Gasteiger partial charge is 0.224 e. The lowest BCUT2D eigenvalue weighted by Crippen LogP contribution is -2.29. The molecule has 0 aliphatic carbocycles. The Morgan fingerprint density at radius 1 is 1.42 bits per heavy atom. The standard InChI is InChI=1S/C13H18N4OS/c14-13(19)10-3-4-11(16-9-10)15-6-5-12(18)17-7-1-2-8-17/h3-4,9H,1-2,5-8H2,(H2,14,19)(H,15,16). The van der Waals surface area contributed by atoms with Gasteiger partial charge in [-0.25, -0.2) is 4.98 Å². The van der Waals surface area contributed by atoms with Gasteiger partial charge in [-0.05, 0) is 25.0 Å². The van der Waals surface area contributed by atoms with E-state index in [9.17, 15) is 4.79 Å². The second-order valence-corrected chi connectivity index (χ2v) is 5.00. The third kappa shape index (κ3) is 3.89. The van der Waals surface area contributed by atoms with Gasteiger partial charge in [0.2, 0.25) is 5.91 Å². The van der Waals surface area contributed by atoms with Gasteiger partial charge in [-0.3, -0.25) is 4.79 Å². The highest BCUT2D eigenvalue weighted by Crippen LogP contribution is 2.09. The fraction of sp³-hybridized carbons (Fsp3) is 0.462. The van der Waals surface area contributed by atoms with Crippen LogP contribution in [0.2, 0.25) is 0 Å². The highest BCUT2D eigenvalue weighted by Gasteiger charge is 2.16. The number of carbonyl (C=O) groups is 1. The van der Waals surface area contributed by atoms with Crippen LogP contribution in [-0.2, 0) is 4.79 Å². The molecule has 0 aromatic carbocycles. The summed E-state index contributed by atoms with van der Waals surface area (Å²) in [5.41, 5.74) is 6.24. The molecule has 1 aliphatic heterocycles. The van der Waals surface area contributed by atoms with Crippen LogP contribution in [0.5, 0.6) is 0 Å². The number of pyridine rings is 1. The first-order chi connectivity index (χ1) is 9.16. The number of nitrogens with one attached hydrogen (secondary N) is 1. The van der Waals surface area contributed by atoms with Gasteiger partial charge >= 0.3 is 0 Å². The topological polar surface area (TPSA) is 71.2 Å². The maximum Gasteiger partial charge on any atom is 0.224 e. The average Bonchev–Trinajstić information content (AvgIpc) is 2.93. The number of nitrogens with zero attached hydrogens (tertiary/aromatic N) is 2. The van der Waals surface area contributed by atoms with Crippen molar-refractivity contribution in [2.75, 3.05) is 25.0 Å². The summed E-state index contributed by atoms with van der Waals surface area (Å²) in [5.74, 6) is 0.943. The van der Waals surface area contributed by atoms with Crippen LogP contribution in [0.3, 0.4) is 0 Å². The largest absolute Gasteiger partial charge is 0.389 e. The van der Waals surface area contributed by atoms with E-state index in [0.717, 1.165) is 37.3 Å². The molecule has 0 saturated carbocycles. The molecular weight excluding hydrogens is 260 g/mol. The number of nitrogens with two attached hydrogens (primary N) is 1. The lowest BCUT2D eigenvalue weighted by atomic mass is 10.3. The summed E-state index contributed by atoms with van der Waals surface area (Å²) in [4.78, 5) is 18.3. The van der Waals surface area contributed by atoms with Crippen molar-refractivity contribution in [2.24, 2.45) is 5.73 Å². The number of hydrogen-bond acceptors (Lipinski definition) is 4. The Bertz CT molecular complexity index is 454. The number of hydrogen-bond donors (Lipinski definition) is 2. The van der Waals surface area contributed by atoms with Crippen LogP contribution in [0.25, 0.3) is 0 Å². The molecule has 6 heteroatoms. The van der Waals surface area contributed by atoms with E-state index in [2.05, 4.69) is 10.3 Å². The molecule has 5 nitrogen and oxygen atoms in total. The van der Waals surface area contributed by atoms with E-state index >= 15 is 0 Å². The quantitative estimate of drug-likeness (QED) is 0.790. The second kappa shape index (κ2) is 6.47. The van der Waals surface area contributed by atoms with Crippen LogP contribution < -0.4 is 11.1 Å². The number of likely N-dealkylation sites (tertiary alicyclic amines) is 1. The molecule has 0 spiro atoms. The predicted molar refractivity (Wildman–Crippen MR) is 79.0 cm³/mol. The predicted octanol–water partition coefficient (Wildman–Crippen LogP) is 1.14. The Kier molecular flexibility index (Phi) is 4.68. The molecule has 1 aromatic rings. The normalized spacial score (nSPS) is 14.4. The van der Waals surface area contributed by atoms with Gasteiger partial charge in [0.05, 0.1) is 0 Å². The van der Waals surface area contributed by atoms with Crippen LogP contribution in [0, 0.1) is 0 Å². The van der Waals surface area contributed by atoms with Gasteiger partial charge < -0.3 is 16.0 Å². The first kappa shape index (κ1) is 13.7. The summed E-state index contributed by atoms with van der Waals surface area (Å²) < 4.78 is 0. The number of amides is 1. The molecule has 19 heavy (non-hydrogen) atoms. The second-order valence-electron chi connectivity index (χ2n) is 4.56. The van der Waals surface area contributed by atoms with Crippen molar-refractivity contribution in [1.82, 2.24) is 9.88 Å². The highest BCUT2D eigenvalue weighted by atomic mass is 32.1. The lowest BCUT2D eigenvalue weighted by molar-refractivity contribution is -0.129. The van der Waals surface area contributed by atoms with E-state index in [1.165, 1.54) is 0 Å². The van der Waals surface area contributed by atoms with E-state index in [0.29, 0.717) is 18.0 Å². The Labute approximate surface area is 118 Å². The van der Waals surface area contributed by atoms with Crippen LogP contribution >= 0.6 is 12.2 Å². The van der Waals surface area contributed by atoms with Crippen LogP contribution in [0.1, 0.15) is 24.8 Å². The third-order valence-electron chi connectivity index (χ3n) is 3.15. The molecule has 0 unspecified atom stereocenters. The van der Waals surface area contributed by atoms with E-state index in [-0.39, 0.29) is 5.91 Å². The average molecular weight is 278 g/mol. The molecule has 3 N–H and O–H groups in total. The Morgan fingerprint density at radius 3 is 2.74 bits per heavy atom. The van der Waals surface area contributed by atoms with E-state index in [1.54, 1.807) is 6.20 Å². The monoisotopic (exact) mass is 278 g/mol. The van der Waals surface area contributed by atoms with E-state index < -0.39 is 0 Å². The van der Waals surface area contributed by atoms with E-state index in [1.807, 2.05) is 17.0 Å². The van der Waals surface area contributed by atoms with Crippen molar-refractivity contribution in [3.63, 3.8) is 0 Å². The number of anilines is 1. The molecule has 2 heterocycles. The fourth-order valence-electron chi connectivity index (χ4n) is 2.07. The zero-order chi connectivity index (χ0) is 13.7. The Balaban J connectivity index is 1.75. The minimum Gasteiger partial charge on any atom is -0.389 e. The number of aromatic nitrogens is 1. The molecule has 1 aromatic heterocycles. The molecule has 102 valence electrons. The highest BCUT2D eigenvalue weighted by molar-refractivity contribution is 7.80. The van der Waals surface area contributed by atoms with Crippen molar-refractivity contribution in [1.29, 1.82) is 0 Å². The zero-order valence-corrected chi connectivity index (χ0v) is 11.6. The Hall–Kier alpha value is -1.69. The van der Waals surface area contributed by atoms with Crippen molar-refractivity contribution in [3.8, 4) is 0 Å². The van der Waals surface area contributed by atoms with Gasteiger partial charge in [0.25, 0.3) is 0 Å². The molecule has 1 aliphatic rings. The maximum atomic E-state index is 11.8. The molecule has 0 bridgehead atoms. The van der Waals surface area contributed by atoms with Crippen molar-refractivity contribution in [3.05, 3.63) is 23.9 Å². The molecule has 0 atom stereocenters. The zero-order valence-electron chi connectivity index (χ0n) is 10.8. The first-order valence-corrected chi connectivity index (χ1v) is 6.85. The van der Waals surface area contributed by atoms with Crippen LogP contribution in [-0.4, -0.2) is 40.4 Å². The van der Waals surface area contributed by atoms with Gasteiger partial charge in [-0.15, -0.1) is 0 Å². The SMILES string of the molecule is NC(=S)c1ccc(NCCC(=O)N2CCCC2)nc1. The van der Waals surface area contributed by atoms with Gasteiger partial charge in [0.15, 0.2) is 0 Å². The first-order valence-electron chi connectivity index (χ1n) is 6.44. The van der Waals surface area contributed by atoms with Gasteiger partial charge in [-0.2, -0.15) is 0 Å². The van der Waals surface area contributed by atoms with Gasteiger partial charge in [-0.1, -0.05) is 12.2 Å². The molecule has 1 amide bonds. The minimum atomic E-state index is 0.213. The fourth-order valence-corrected chi connectivity index (χ4v) is 2.19.